The molecule has 25 heavy (non-hydrogen) atoms. The topological polar surface area (TPSA) is 35.6 Å². The Balaban J connectivity index is 1.40. The van der Waals surface area contributed by atoms with Crippen LogP contribution in [0.4, 0.5) is 10.5 Å². The van der Waals surface area contributed by atoms with Crippen LogP contribution >= 0.6 is 0 Å². The lowest BCUT2D eigenvalue weighted by Crippen LogP contribution is -2.52. The molecule has 0 spiro atoms. The van der Waals surface area contributed by atoms with E-state index in [4.69, 9.17) is 0 Å². The summed E-state index contributed by atoms with van der Waals surface area (Å²) in [4.78, 5) is 16.7. The fraction of sp³-hybridized carbons (Fsp3) is 0.571. The van der Waals surface area contributed by atoms with Crippen LogP contribution in [0.5, 0.6) is 0 Å². The molecule has 0 unspecified atom stereocenters. The van der Waals surface area contributed by atoms with Crippen molar-refractivity contribution in [3.8, 4) is 0 Å². The number of carbonyl (C=O) groups is 1. The maximum Gasteiger partial charge on any atom is 0.317 e. The van der Waals surface area contributed by atoms with Gasteiger partial charge in [0.15, 0.2) is 0 Å². The molecular formula is C21H31N3O. The number of hydrogen-bond donors (Lipinski definition) is 1. The zero-order valence-electron chi connectivity index (χ0n) is 15.5. The first-order chi connectivity index (χ1) is 12.3. The Hall–Kier alpha value is -1.97. The van der Waals surface area contributed by atoms with Gasteiger partial charge >= 0.3 is 6.03 Å². The van der Waals surface area contributed by atoms with E-state index in [0.29, 0.717) is 0 Å². The van der Waals surface area contributed by atoms with Gasteiger partial charge in [0.1, 0.15) is 0 Å². The molecule has 1 heterocycles. The van der Waals surface area contributed by atoms with Crippen LogP contribution in [-0.4, -0.2) is 43.7 Å². The summed E-state index contributed by atoms with van der Waals surface area (Å²) in [6, 6.07) is 8.90. The van der Waals surface area contributed by atoms with E-state index in [0.717, 1.165) is 45.6 Å². The summed E-state index contributed by atoms with van der Waals surface area (Å²) in [5.41, 5.74) is 4.16. The highest BCUT2D eigenvalue weighted by Gasteiger charge is 2.21. The van der Waals surface area contributed by atoms with Crippen LogP contribution in [-0.2, 0) is 6.42 Å². The van der Waals surface area contributed by atoms with Crippen molar-refractivity contribution < 1.29 is 4.79 Å². The van der Waals surface area contributed by atoms with Gasteiger partial charge < -0.3 is 15.1 Å². The normalized spacial score (nSPS) is 18.0. The molecule has 4 heteroatoms. The standard InChI is InChI=1S/C21H31N3O/c1-2-18-8-10-20(11-9-18)23-14-16-24(17-15-23)21(25)22-13-12-19-6-4-3-5-7-19/h6,8-11H,2-5,7,12-17H2,1H3,(H,22,25). The molecule has 2 aliphatic rings. The van der Waals surface area contributed by atoms with Gasteiger partial charge in [-0.2, -0.15) is 0 Å². The number of hydrogen-bond acceptors (Lipinski definition) is 2. The number of benzene rings is 1. The number of allylic oxidation sites excluding steroid dienone is 1. The zero-order valence-corrected chi connectivity index (χ0v) is 15.5. The van der Waals surface area contributed by atoms with Crippen molar-refractivity contribution in [2.24, 2.45) is 0 Å². The number of amides is 2. The van der Waals surface area contributed by atoms with E-state index >= 15 is 0 Å². The minimum Gasteiger partial charge on any atom is -0.368 e. The van der Waals surface area contributed by atoms with Gasteiger partial charge in [0.2, 0.25) is 0 Å². The molecular weight excluding hydrogens is 310 g/mol. The summed E-state index contributed by atoms with van der Waals surface area (Å²) < 4.78 is 0. The van der Waals surface area contributed by atoms with E-state index in [2.05, 4.69) is 47.5 Å². The average Bonchev–Trinajstić information content (AvgIpc) is 2.69. The van der Waals surface area contributed by atoms with Crippen LogP contribution in [0, 0.1) is 0 Å². The molecule has 0 bridgehead atoms. The summed E-state index contributed by atoms with van der Waals surface area (Å²) in [5.74, 6) is 0. The number of nitrogens with zero attached hydrogens (tertiary/aromatic N) is 2. The van der Waals surface area contributed by atoms with Crippen LogP contribution in [0.3, 0.4) is 0 Å². The predicted octanol–water partition coefficient (Wildman–Crippen LogP) is 3.97. The average molecular weight is 341 g/mol. The molecule has 2 amide bonds. The number of anilines is 1. The second kappa shape index (κ2) is 8.93. The van der Waals surface area contributed by atoms with E-state index in [1.807, 2.05) is 4.90 Å². The molecule has 1 N–H and O–H groups in total. The van der Waals surface area contributed by atoms with Crippen LogP contribution in [0.1, 0.15) is 44.6 Å². The number of urea groups is 1. The molecule has 4 nitrogen and oxygen atoms in total. The van der Waals surface area contributed by atoms with Gasteiger partial charge in [-0.3, -0.25) is 0 Å². The Morgan fingerprint density at radius 3 is 2.48 bits per heavy atom. The summed E-state index contributed by atoms with van der Waals surface area (Å²) in [5, 5.41) is 3.10. The SMILES string of the molecule is CCc1ccc(N2CCN(C(=O)NCCC3=CCCCC3)CC2)cc1. The first-order valence-corrected chi connectivity index (χ1v) is 9.81. The molecule has 0 saturated carbocycles. The van der Waals surface area contributed by atoms with Gasteiger partial charge in [0.05, 0.1) is 0 Å². The minimum atomic E-state index is 0.0948. The Morgan fingerprint density at radius 1 is 1.08 bits per heavy atom. The van der Waals surface area contributed by atoms with Gasteiger partial charge in [-0.25, -0.2) is 4.79 Å². The molecule has 0 atom stereocenters. The summed E-state index contributed by atoms with van der Waals surface area (Å²) >= 11 is 0. The van der Waals surface area contributed by atoms with E-state index < -0.39 is 0 Å². The molecule has 1 aromatic carbocycles. The van der Waals surface area contributed by atoms with E-state index in [9.17, 15) is 4.79 Å². The molecule has 1 aromatic rings. The summed E-state index contributed by atoms with van der Waals surface area (Å²) in [7, 11) is 0. The fourth-order valence-corrected chi connectivity index (χ4v) is 3.68. The van der Waals surface area contributed by atoms with Crippen molar-refractivity contribution in [1.29, 1.82) is 0 Å². The largest absolute Gasteiger partial charge is 0.368 e. The maximum atomic E-state index is 12.3. The third-order valence-corrected chi connectivity index (χ3v) is 5.38. The monoisotopic (exact) mass is 341 g/mol. The highest BCUT2D eigenvalue weighted by molar-refractivity contribution is 5.74. The smallest absolute Gasteiger partial charge is 0.317 e. The van der Waals surface area contributed by atoms with Gasteiger partial charge in [0.25, 0.3) is 0 Å². The van der Waals surface area contributed by atoms with Gasteiger partial charge in [-0.1, -0.05) is 30.7 Å². The zero-order chi connectivity index (χ0) is 17.5. The van der Waals surface area contributed by atoms with E-state index in [-0.39, 0.29) is 6.03 Å². The lowest BCUT2D eigenvalue weighted by molar-refractivity contribution is 0.194. The second-order valence-corrected chi connectivity index (χ2v) is 7.08. The van der Waals surface area contributed by atoms with Crippen molar-refractivity contribution in [1.82, 2.24) is 10.2 Å². The maximum absolute atomic E-state index is 12.3. The van der Waals surface area contributed by atoms with Crippen molar-refractivity contribution in [2.75, 3.05) is 37.6 Å². The van der Waals surface area contributed by atoms with Gasteiger partial charge in [-0.05, 0) is 56.2 Å². The van der Waals surface area contributed by atoms with Crippen molar-refractivity contribution in [3.63, 3.8) is 0 Å². The number of carbonyl (C=O) groups excluding carboxylic acids is 1. The minimum absolute atomic E-state index is 0.0948. The van der Waals surface area contributed by atoms with Crippen molar-refractivity contribution in [3.05, 3.63) is 41.5 Å². The Bertz CT molecular complexity index is 586. The fourth-order valence-electron chi connectivity index (χ4n) is 3.68. The highest BCUT2D eigenvalue weighted by atomic mass is 16.2. The Kier molecular flexibility index (Phi) is 6.37. The van der Waals surface area contributed by atoms with Crippen LogP contribution in [0.2, 0.25) is 0 Å². The lowest BCUT2D eigenvalue weighted by atomic mass is 9.97. The van der Waals surface area contributed by atoms with Gasteiger partial charge in [0, 0.05) is 38.4 Å². The first kappa shape index (κ1) is 17.8. The quantitative estimate of drug-likeness (QED) is 0.823. The van der Waals surface area contributed by atoms with Crippen LogP contribution < -0.4 is 10.2 Å². The van der Waals surface area contributed by atoms with Crippen molar-refractivity contribution in [2.45, 2.75) is 45.4 Å². The Morgan fingerprint density at radius 2 is 1.84 bits per heavy atom. The summed E-state index contributed by atoms with van der Waals surface area (Å²) in [6.07, 6.45) is 9.50. The van der Waals surface area contributed by atoms with E-state index in [1.165, 1.54) is 42.5 Å². The molecule has 1 aliphatic heterocycles. The molecule has 0 radical (unpaired) electrons. The number of piperazine rings is 1. The van der Waals surface area contributed by atoms with Crippen molar-refractivity contribution >= 4 is 11.7 Å². The number of nitrogens with one attached hydrogen (secondary N) is 1. The molecule has 1 fully saturated rings. The van der Waals surface area contributed by atoms with Crippen LogP contribution in [0.25, 0.3) is 0 Å². The molecule has 0 aromatic heterocycles. The molecule has 3 rings (SSSR count). The lowest BCUT2D eigenvalue weighted by Gasteiger charge is -2.36. The third-order valence-electron chi connectivity index (χ3n) is 5.38. The van der Waals surface area contributed by atoms with Gasteiger partial charge in [-0.15, -0.1) is 0 Å². The molecule has 1 aliphatic carbocycles. The number of rotatable bonds is 5. The Labute approximate surface area is 151 Å². The highest BCUT2D eigenvalue weighted by Crippen LogP contribution is 2.20. The summed E-state index contributed by atoms with van der Waals surface area (Å²) in [6.45, 7) is 6.35. The molecule has 136 valence electrons. The van der Waals surface area contributed by atoms with E-state index in [1.54, 1.807) is 0 Å². The predicted molar refractivity (Wildman–Crippen MR) is 104 cm³/mol. The second-order valence-electron chi connectivity index (χ2n) is 7.08. The number of aryl methyl sites for hydroxylation is 1. The van der Waals surface area contributed by atoms with Crippen LogP contribution in [0.15, 0.2) is 35.9 Å². The third kappa shape index (κ3) is 5.00. The molecule has 1 saturated heterocycles. The first-order valence-electron chi connectivity index (χ1n) is 9.81.